The van der Waals surface area contributed by atoms with Crippen molar-refractivity contribution in [3.05, 3.63) is 94.5 Å². The Morgan fingerprint density at radius 2 is 1.71 bits per heavy atom. The summed E-state index contributed by atoms with van der Waals surface area (Å²) in [5, 5.41) is 10.8. The minimum absolute atomic E-state index is 0.268. The lowest BCUT2D eigenvalue weighted by atomic mass is 9.86. The van der Waals surface area contributed by atoms with Gasteiger partial charge in [0.2, 0.25) is 0 Å². The smallest absolute Gasteiger partial charge is 0.121 e. The summed E-state index contributed by atoms with van der Waals surface area (Å²) < 4.78 is 6.19. The molecule has 0 bridgehead atoms. The molecule has 0 aromatic heterocycles. The highest BCUT2D eigenvalue weighted by Crippen LogP contribution is 2.42. The van der Waals surface area contributed by atoms with Crippen LogP contribution in [0.1, 0.15) is 49.3 Å². The zero-order valence-corrected chi connectivity index (χ0v) is 16.9. The predicted molar refractivity (Wildman–Crippen MR) is 114 cm³/mol. The molecule has 0 radical (unpaired) electrons. The minimum Gasteiger partial charge on any atom is -0.508 e. The lowest BCUT2D eigenvalue weighted by molar-refractivity contribution is 0.164. The molecule has 2 heteroatoms. The predicted octanol–water partition coefficient (Wildman–Crippen LogP) is 6.35. The molecule has 2 aromatic rings. The van der Waals surface area contributed by atoms with Crippen molar-refractivity contribution in [3.63, 3.8) is 0 Å². The molecule has 1 aliphatic heterocycles. The van der Waals surface area contributed by atoms with Crippen LogP contribution in [-0.4, -0.2) is 11.7 Å². The standard InChI is InChI=1S/C26H30O2/c1-18(2)24(14-19-8-4-3-5-9-19)26-16-25(27)22(17-28-26)15-21-10-6-7-11-23(21)20-12-13-20/h3-11,16,18,20,24,27H,12-15,17H2,1-2H3. The first-order valence-electron chi connectivity index (χ1n) is 10.5. The first-order chi connectivity index (χ1) is 13.6. The summed E-state index contributed by atoms with van der Waals surface area (Å²) in [6, 6.07) is 19.2. The van der Waals surface area contributed by atoms with Gasteiger partial charge in [-0.2, -0.15) is 0 Å². The molecule has 0 spiro atoms. The number of rotatable bonds is 7. The summed E-state index contributed by atoms with van der Waals surface area (Å²) in [6.45, 7) is 4.93. The van der Waals surface area contributed by atoms with E-state index in [0.29, 0.717) is 24.2 Å². The van der Waals surface area contributed by atoms with Gasteiger partial charge in [-0.05, 0) is 47.8 Å². The Hall–Kier alpha value is -2.48. The maximum absolute atomic E-state index is 10.8. The average Bonchev–Trinajstić information content (AvgIpc) is 3.54. The summed E-state index contributed by atoms with van der Waals surface area (Å²) in [4.78, 5) is 0. The van der Waals surface area contributed by atoms with Crippen molar-refractivity contribution in [2.75, 3.05) is 6.61 Å². The Kier molecular flexibility index (Phi) is 5.57. The van der Waals surface area contributed by atoms with Gasteiger partial charge in [0.1, 0.15) is 18.1 Å². The molecular weight excluding hydrogens is 344 g/mol. The van der Waals surface area contributed by atoms with Crippen LogP contribution in [-0.2, 0) is 17.6 Å². The van der Waals surface area contributed by atoms with E-state index < -0.39 is 0 Å². The van der Waals surface area contributed by atoms with E-state index in [4.69, 9.17) is 4.74 Å². The van der Waals surface area contributed by atoms with Gasteiger partial charge >= 0.3 is 0 Å². The Labute approximate surface area is 168 Å². The third-order valence-electron chi connectivity index (χ3n) is 6.00. The molecule has 1 aliphatic carbocycles. The van der Waals surface area contributed by atoms with Gasteiger partial charge in [-0.1, -0.05) is 68.4 Å². The number of ether oxygens (including phenoxy) is 1. The summed E-state index contributed by atoms with van der Waals surface area (Å²) in [6.07, 6.45) is 6.15. The third kappa shape index (κ3) is 4.32. The second-order valence-electron chi connectivity index (χ2n) is 8.51. The molecule has 1 fully saturated rings. The second kappa shape index (κ2) is 8.26. The summed E-state index contributed by atoms with van der Waals surface area (Å²) >= 11 is 0. The van der Waals surface area contributed by atoms with Crippen molar-refractivity contribution in [2.24, 2.45) is 11.8 Å². The monoisotopic (exact) mass is 374 g/mol. The Morgan fingerprint density at radius 3 is 2.39 bits per heavy atom. The molecule has 2 aromatic carbocycles. The molecule has 1 heterocycles. The van der Waals surface area contributed by atoms with Crippen LogP contribution in [0.4, 0.5) is 0 Å². The van der Waals surface area contributed by atoms with Gasteiger partial charge in [0.15, 0.2) is 0 Å². The molecule has 1 saturated carbocycles. The number of aliphatic hydroxyl groups excluding tert-OH is 1. The third-order valence-corrected chi connectivity index (χ3v) is 6.00. The quantitative estimate of drug-likeness (QED) is 0.612. The van der Waals surface area contributed by atoms with E-state index in [9.17, 15) is 5.11 Å². The molecule has 1 unspecified atom stereocenters. The van der Waals surface area contributed by atoms with Crippen molar-refractivity contribution < 1.29 is 9.84 Å². The molecule has 2 nitrogen and oxygen atoms in total. The number of hydrogen-bond donors (Lipinski definition) is 1. The van der Waals surface area contributed by atoms with E-state index in [0.717, 1.165) is 24.2 Å². The molecule has 2 aliphatic rings. The second-order valence-corrected chi connectivity index (χ2v) is 8.51. The Morgan fingerprint density at radius 1 is 1.00 bits per heavy atom. The SMILES string of the molecule is CC(C)C(Cc1ccccc1)C1=CC(O)=C(Cc2ccccc2C2CC2)CO1. The lowest BCUT2D eigenvalue weighted by Crippen LogP contribution is -2.21. The first kappa shape index (κ1) is 18.9. The van der Waals surface area contributed by atoms with E-state index in [1.54, 1.807) is 0 Å². The van der Waals surface area contributed by atoms with Crippen molar-refractivity contribution in [1.29, 1.82) is 0 Å². The Balaban J connectivity index is 1.54. The van der Waals surface area contributed by atoms with Crippen molar-refractivity contribution in [2.45, 2.75) is 45.4 Å². The van der Waals surface area contributed by atoms with E-state index in [1.165, 1.54) is 29.5 Å². The van der Waals surface area contributed by atoms with Crippen LogP contribution in [0.5, 0.6) is 0 Å². The molecule has 0 saturated heterocycles. The van der Waals surface area contributed by atoms with Gasteiger partial charge in [0, 0.05) is 24.0 Å². The maximum Gasteiger partial charge on any atom is 0.121 e. The van der Waals surface area contributed by atoms with E-state index in [-0.39, 0.29) is 5.92 Å². The summed E-state index contributed by atoms with van der Waals surface area (Å²) in [7, 11) is 0. The molecule has 146 valence electrons. The van der Waals surface area contributed by atoms with E-state index in [2.05, 4.69) is 62.4 Å². The van der Waals surface area contributed by atoms with Gasteiger partial charge < -0.3 is 9.84 Å². The molecule has 4 rings (SSSR count). The maximum atomic E-state index is 10.8. The number of hydrogen-bond acceptors (Lipinski definition) is 2. The summed E-state index contributed by atoms with van der Waals surface area (Å²) in [5.74, 6) is 2.73. The van der Waals surface area contributed by atoms with Gasteiger partial charge in [0.05, 0.1) is 0 Å². The molecule has 1 N–H and O–H groups in total. The fraction of sp³-hybridized carbons (Fsp3) is 0.385. The van der Waals surface area contributed by atoms with Crippen molar-refractivity contribution in [1.82, 2.24) is 0 Å². The molecule has 1 atom stereocenters. The van der Waals surface area contributed by atoms with E-state index >= 15 is 0 Å². The van der Waals surface area contributed by atoms with Gasteiger partial charge in [-0.15, -0.1) is 0 Å². The minimum atomic E-state index is 0.268. The van der Waals surface area contributed by atoms with Crippen LogP contribution >= 0.6 is 0 Å². The largest absolute Gasteiger partial charge is 0.508 e. The highest BCUT2D eigenvalue weighted by Gasteiger charge is 2.28. The normalized spacial score (nSPS) is 18.0. The summed E-state index contributed by atoms with van der Waals surface area (Å²) in [5.41, 5.74) is 5.07. The van der Waals surface area contributed by atoms with Crippen LogP contribution in [0.3, 0.4) is 0 Å². The number of allylic oxidation sites excluding steroid dienone is 2. The lowest BCUT2D eigenvalue weighted by Gasteiger charge is -2.28. The molecular formula is C26H30O2. The van der Waals surface area contributed by atoms with Crippen molar-refractivity contribution in [3.8, 4) is 0 Å². The zero-order chi connectivity index (χ0) is 19.5. The first-order valence-corrected chi connectivity index (χ1v) is 10.5. The van der Waals surface area contributed by atoms with Crippen LogP contribution < -0.4 is 0 Å². The van der Waals surface area contributed by atoms with Crippen LogP contribution in [0.15, 0.2) is 77.8 Å². The zero-order valence-electron chi connectivity index (χ0n) is 16.9. The fourth-order valence-corrected chi connectivity index (χ4v) is 4.13. The Bertz CT molecular complexity index is 872. The van der Waals surface area contributed by atoms with Gasteiger partial charge in [-0.3, -0.25) is 0 Å². The number of aliphatic hydroxyl groups is 1. The number of benzene rings is 2. The van der Waals surface area contributed by atoms with Gasteiger partial charge in [0.25, 0.3) is 0 Å². The average molecular weight is 375 g/mol. The molecule has 28 heavy (non-hydrogen) atoms. The van der Waals surface area contributed by atoms with Crippen LogP contribution in [0.2, 0.25) is 0 Å². The van der Waals surface area contributed by atoms with Crippen molar-refractivity contribution >= 4 is 0 Å². The van der Waals surface area contributed by atoms with E-state index in [1.807, 2.05) is 12.1 Å². The highest BCUT2D eigenvalue weighted by atomic mass is 16.5. The molecule has 0 amide bonds. The fourth-order valence-electron chi connectivity index (χ4n) is 4.13. The van der Waals surface area contributed by atoms with Crippen LogP contribution in [0, 0.1) is 11.8 Å². The van der Waals surface area contributed by atoms with Crippen LogP contribution in [0.25, 0.3) is 0 Å². The highest BCUT2D eigenvalue weighted by molar-refractivity contribution is 5.39. The topological polar surface area (TPSA) is 29.5 Å². The van der Waals surface area contributed by atoms with Gasteiger partial charge in [-0.25, -0.2) is 0 Å².